The fraction of sp³-hybridized carbons (Fsp3) is 0.130. The smallest absolute Gasteiger partial charge is 0.267 e. The van der Waals surface area contributed by atoms with Gasteiger partial charge in [0.25, 0.3) is 5.91 Å². The summed E-state index contributed by atoms with van der Waals surface area (Å²) in [5.41, 5.74) is 5.83. The molecule has 0 atom stereocenters. The first-order valence-corrected chi connectivity index (χ1v) is 12.1. The number of hydrazone groups is 1. The lowest BCUT2D eigenvalue weighted by atomic mass is 10.1. The molecule has 0 radical (unpaired) electrons. The van der Waals surface area contributed by atoms with Gasteiger partial charge >= 0.3 is 0 Å². The van der Waals surface area contributed by atoms with E-state index in [1.165, 1.54) is 4.31 Å². The third-order valence-corrected chi connectivity index (χ3v) is 6.24. The second-order valence-electron chi connectivity index (χ2n) is 6.95. The van der Waals surface area contributed by atoms with Crippen LogP contribution in [0.3, 0.4) is 0 Å². The van der Waals surface area contributed by atoms with Crippen LogP contribution in [0.25, 0.3) is 0 Å². The van der Waals surface area contributed by atoms with E-state index in [1.807, 2.05) is 54.6 Å². The second kappa shape index (κ2) is 9.89. The Morgan fingerprint density at radius 1 is 0.935 bits per heavy atom. The Labute approximate surface area is 190 Å². The second-order valence-corrected chi connectivity index (χ2v) is 9.77. The number of nitrogens with one attached hydrogen (secondary N) is 1. The predicted molar refractivity (Wildman–Crippen MR) is 128 cm³/mol. The molecule has 0 saturated carbocycles. The van der Waals surface area contributed by atoms with Crippen LogP contribution in [0.1, 0.15) is 28.4 Å². The number of rotatable bonds is 7. The molecule has 3 aromatic carbocycles. The van der Waals surface area contributed by atoms with E-state index in [4.69, 9.17) is 0 Å². The van der Waals surface area contributed by atoms with E-state index < -0.39 is 10.0 Å². The average molecular weight is 500 g/mol. The van der Waals surface area contributed by atoms with E-state index >= 15 is 0 Å². The minimum Gasteiger partial charge on any atom is -0.267 e. The lowest BCUT2D eigenvalue weighted by Gasteiger charge is -2.22. The van der Waals surface area contributed by atoms with Crippen molar-refractivity contribution in [2.45, 2.75) is 13.5 Å². The van der Waals surface area contributed by atoms with Gasteiger partial charge in [0, 0.05) is 10.0 Å². The topological polar surface area (TPSA) is 78.8 Å². The van der Waals surface area contributed by atoms with Crippen LogP contribution in [0.4, 0.5) is 5.69 Å². The molecule has 0 aliphatic rings. The Morgan fingerprint density at radius 3 is 2.10 bits per heavy atom. The van der Waals surface area contributed by atoms with Gasteiger partial charge in [0.2, 0.25) is 10.0 Å². The van der Waals surface area contributed by atoms with Crippen molar-refractivity contribution in [1.82, 2.24) is 5.43 Å². The number of halogens is 1. The van der Waals surface area contributed by atoms with Crippen molar-refractivity contribution in [3.63, 3.8) is 0 Å². The van der Waals surface area contributed by atoms with Crippen LogP contribution < -0.4 is 9.73 Å². The van der Waals surface area contributed by atoms with E-state index in [0.29, 0.717) is 17.0 Å². The monoisotopic (exact) mass is 499 g/mol. The molecule has 0 heterocycles. The molecule has 8 heteroatoms. The molecule has 0 bridgehead atoms. The molecule has 3 rings (SSSR count). The summed E-state index contributed by atoms with van der Waals surface area (Å²) in [6, 6.07) is 23.3. The van der Waals surface area contributed by atoms with Crippen LogP contribution in [0.15, 0.2) is 88.4 Å². The number of carbonyl (C=O) groups is 1. The molecular formula is C23H22BrN3O3S. The highest BCUT2D eigenvalue weighted by molar-refractivity contribution is 9.10. The summed E-state index contributed by atoms with van der Waals surface area (Å²) in [6.45, 7) is 2.02. The summed E-state index contributed by atoms with van der Waals surface area (Å²) in [4.78, 5) is 12.4. The molecule has 6 nitrogen and oxygen atoms in total. The number of hydrogen-bond acceptors (Lipinski definition) is 4. The molecule has 3 aromatic rings. The van der Waals surface area contributed by atoms with Gasteiger partial charge < -0.3 is 0 Å². The zero-order valence-corrected chi connectivity index (χ0v) is 19.5. The lowest BCUT2D eigenvalue weighted by Crippen LogP contribution is -2.29. The van der Waals surface area contributed by atoms with Gasteiger partial charge in [-0.15, -0.1) is 0 Å². The fourth-order valence-corrected chi connectivity index (χ4v) is 4.04. The molecular weight excluding hydrogens is 478 g/mol. The van der Waals surface area contributed by atoms with Crippen LogP contribution >= 0.6 is 15.9 Å². The molecule has 0 unspecified atom stereocenters. The number of benzene rings is 3. The van der Waals surface area contributed by atoms with Crippen molar-refractivity contribution in [3.8, 4) is 0 Å². The van der Waals surface area contributed by atoms with Crippen LogP contribution in [-0.2, 0) is 16.6 Å². The first kappa shape index (κ1) is 22.7. The molecule has 160 valence electrons. The third-order valence-electron chi connectivity index (χ3n) is 4.57. The van der Waals surface area contributed by atoms with Crippen LogP contribution in [0.5, 0.6) is 0 Å². The molecule has 0 aliphatic heterocycles. The highest BCUT2D eigenvalue weighted by Gasteiger charge is 2.18. The van der Waals surface area contributed by atoms with Gasteiger partial charge in [-0.05, 0) is 54.4 Å². The summed E-state index contributed by atoms with van der Waals surface area (Å²) in [5, 5.41) is 4.15. The number of hydrogen-bond donors (Lipinski definition) is 1. The zero-order chi connectivity index (χ0) is 22.4. The van der Waals surface area contributed by atoms with Gasteiger partial charge in [-0.25, -0.2) is 13.8 Å². The summed E-state index contributed by atoms with van der Waals surface area (Å²) < 4.78 is 26.9. The van der Waals surface area contributed by atoms with Crippen LogP contribution in [0, 0.1) is 0 Å². The van der Waals surface area contributed by atoms with Gasteiger partial charge in [0.15, 0.2) is 0 Å². The number of carbonyl (C=O) groups excluding carboxylic acids is 1. The van der Waals surface area contributed by atoms with Crippen molar-refractivity contribution in [1.29, 1.82) is 0 Å². The van der Waals surface area contributed by atoms with E-state index in [2.05, 4.69) is 26.5 Å². The van der Waals surface area contributed by atoms with Gasteiger partial charge in [0.1, 0.15) is 0 Å². The summed E-state index contributed by atoms with van der Waals surface area (Å²) >= 11 is 3.38. The molecule has 0 spiro atoms. The lowest BCUT2D eigenvalue weighted by molar-refractivity contribution is 0.0955. The maximum absolute atomic E-state index is 12.4. The molecule has 0 aliphatic carbocycles. The summed E-state index contributed by atoms with van der Waals surface area (Å²) in [6.07, 6.45) is 1.16. The van der Waals surface area contributed by atoms with Crippen LogP contribution in [-0.4, -0.2) is 26.3 Å². The van der Waals surface area contributed by atoms with Gasteiger partial charge in [-0.1, -0.05) is 58.4 Å². The highest BCUT2D eigenvalue weighted by Crippen LogP contribution is 2.21. The van der Waals surface area contributed by atoms with Gasteiger partial charge in [-0.2, -0.15) is 5.10 Å². The van der Waals surface area contributed by atoms with Crippen molar-refractivity contribution in [3.05, 3.63) is 100 Å². The summed E-state index contributed by atoms with van der Waals surface area (Å²) in [7, 11) is -3.50. The molecule has 1 amide bonds. The normalized spacial score (nSPS) is 11.8. The Kier molecular flexibility index (Phi) is 7.25. The Morgan fingerprint density at radius 2 is 1.52 bits per heavy atom. The molecule has 0 saturated heterocycles. The Bertz CT molecular complexity index is 1180. The Balaban J connectivity index is 1.73. The first-order chi connectivity index (χ1) is 14.7. The minimum atomic E-state index is -3.50. The number of nitrogens with zero attached hydrogens (tertiary/aromatic N) is 2. The molecule has 1 N–H and O–H groups in total. The van der Waals surface area contributed by atoms with E-state index in [0.717, 1.165) is 21.9 Å². The van der Waals surface area contributed by atoms with Crippen molar-refractivity contribution >= 4 is 43.3 Å². The number of anilines is 1. The molecule has 0 fully saturated rings. The summed E-state index contributed by atoms with van der Waals surface area (Å²) in [5.74, 6) is -0.378. The van der Waals surface area contributed by atoms with Crippen LogP contribution in [0.2, 0.25) is 0 Å². The maximum Gasteiger partial charge on any atom is 0.271 e. The van der Waals surface area contributed by atoms with Gasteiger partial charge in [-0.3, -0.25) is 9.10 Å². The molecule has 0 aromatic heterocycles. The number of sulfonamides is 1. The average Bonchev–Trinajstić information content (AvgIpc) is 2.76. The largest absolute Gasteiger partial charge is 0.271 e. The van der Waals surface area contributed by atoms with Gasteiger partial charge in [0.05, 0.1) is 24.2 Å². The van der Waals surface area contributed by atoms with Crippen molar-refractivity contribution in [2.75, 3.05) is 10.6 Å². The van der Waals surface area contributed by atoms with Crippen molar-refractivity contribution < 1.29 is 13.2 Å². The van der Waals surface area contributed by atoms with E-state index in [1.54, 1.807) is 31.2 Å². The Hall–Kier alpha value is -2.97. The molecule has 31 heavy (non-hydrogen) atoms. The predicted octanol–water partition coefficient (Wildman–Crippen LogP) is 4.57. The number of amides is 1. The first-order valence-electron chi connectivity index (χ1n) is 9.46. The quantitative estimate of drug-likeness (QED) is 0.382. The maximum atomic E-state index is 12.4. The standard InChI is InChI=1S/C23H22BrN3O3S/c1-17(19-8-12-21(24)13-9-19)25-26-23(28)20-10-14-22(15-11-20)27(31(2,29)30)16-18-6-4-3-5-7-18/h3-15H,16H2,1-2H3,(H,26,28)/b25-17-. The van der Waals surface area contributed by atoms with Crippen molar-refractivity contribution in [2.24, 2.45) is 5.10 Å². The zero-order valence-electron chi connectivity index (χ0n) is 17.1. The SMILES string of the molecule is C/C(=N/NC(=O)c1ccc(N(Cc2ccccc2)S(C)(=O)=O)cc1)c1ccc(Br)cc1. The minimum absolute atomic E-state index is 0.210. The fourth-order valence-electron chi connectivity index (χ4n) is 2.88. The third kappa shape index (κ3) is 6.26. The van der Waals surface area contributed by atoms with E-state index in [-0.39, 0.29) is 12.5 Å². The van der Waals surface area contributed by atoms with E-state index in [9.17, 15) is 13.2 Å². The highest BCUT2D eigenvalue weighted by atomic mass is 79.9.